The monoisotopic (exact) mass is 248 g/mol. The summed E-state index contributed by atoms with van der Waals surface area (Å²) in [6.45, 7) is 2.16. The van der Waals surface area contributed by atoms with E-state index in [1.165, 1.54) is 32.1 Å². The third-order valence-corrected chi connectivity index (χ3v) is 3.46. The van der Waals surface area contributed by atoms with Gasteiger partial charge in [-0.25, -0.2) is 9.97 Å². The van der Waals surface area contributed by atoms with Crippen LogP contribution in [0.3, 0.4) is 0 Å². The molecule has 1 aliphatic rings. The van der Waals surface area contributed by atoms with Gasteiger partial charge in [-0.05, 0) is 19.3 Å². The normalized spacial score (nSPS) is 16.6. The second-order valence-electron chi connectivity index (χ2n) is 5.03. The molecule has 0 bridgehead atoms. The van der Waals surface area contributed by atoms with Gasteiger partial charge in [-0.15, -0.1) is 0 Å². The molecule has 0 aromatic carbocycles. The smallest absolute Gasteiger partial charge is 0.133 e. The van der Waals surface area contributed by atoms with Crippen LogP contribution in [-0.4, -0.2) is 23.1 Å². The molecule has 1 aromatic rings. The number of anilines is 2. The molecule has 1 aromatic heterocycles. The minimum Gasteiger partial charge on any atom is -0.373 e. The molecule has 1 saturated carbocycles. The molecule has 2 rings (SSSR count). The Morgan fingerprint density at radius 2 is 1.89 bits per heavy atom. The number of hydrogen-bond acceptors (Lipinski definition) is 4. The largest absolute Gasteiger partial charge is 0.373 e. The van der Waals surface area contributed by atoms with Crippen molar-refractivity contribution in [3.05, 3.63) is 11.9 Å². The van der Waals surface area contributed by atoms with Crippen molar-refractivity contribution in [3.8, 4) is 0 Å². The zero-order valence-corrected chi connectivity index (χ0v) is 11.5. The summed E-state index contributed by atoms with van der Waals surface area (Å²) in [7, 11) is 1.91. The van der Waals surface area contributed by atoms with Crippen LogP contribution in [0.15, 0.2) is 6.07 Å². The second-order valence-corrected chi connectivity index (χ2v) is 5.03. The van der Waals surface area contributed by atoms with E-state index in [2.05, 4.69) is 27.5 Å². The van der Waals surface area contributed by atoms with E-state index < -0.39 is 0 Å². The number of nitrogens with one attached hydrogen (secondary N) is 2. The van der Waals surface area contributed by atoms with Gasteiger partial charge >= 0.3 is 0 Å². The maximum absolute atomic E-state index is 4.60. The molecule has 0 saturated heterocycles. The van der Waals surface area contributed by atoms with Gasteiger partial charge in [-0.3, -0.25) is 0 Å². The van der Waals surface area contributed by atoms with E-state index in [1.54, 1.807) is 0 Å². The molecule has 4 heteroatoms. The van der Waals surface area contributed by atoms with Crippen molar-refractivity contribution in [2.24, 2.45) is 0 Å². The molecule has 2 N–H and O–H groups in total. The predicted octanol–water partition coefficient (Wildman–Crippen LogP) is 3.22. The van der Waals surface area contributed by atoms with Crippen molar-refractivity contribution in [3.63, 3.8) is 0 Å². The Balaban J connectivity index is 2.07. The SMILES string of the molecule is CCCc1nc(NC)cc(NC2CCCCC2)n1. The highest BCUT2D eigenvalue weighted by atomic mass is 15.1. The first-order chi connectivity index (χ1) is 8.81. The highest BCUT2D eigenvalue weighted by molar-refractivity contribution is 5.47. The molecule has 0 atom stereocenters. The second kappa shape index (κ2) is 6.57. The predicted molar refractivity (Wildman–Crippen MR) is 76.1 cm³/mol. The molecule has 0 amide bonds. The summed E-state index contributed by atoms with van der Waals surface area (Å²) in [5.41, 5.74) is 0. The lowest BCUT2D eigenvalue weighted by Gasteiger charge is -2.23. The van der Waals surface area contributed by atoms with Crippen LogP contribution in [-0.2, 0) is 6.42 Å². The molecule has 4 nitrogen and oxygen atoms in total. The van der Waals surface area contributed by atoms with E-state index in [-0.39, 0.29) is 0 Å². The van der Waals surface area contributed by atoms with Gasteiger partial charge in [0.05, 0.1) is 0 Å². The summed E-state index contributed by atoms with van der Waals surface area (Å²) in [6, 6.07) is 2.60. The zero-order valence-electron chi connectivity index (χ0n) is 11.5. The number of hydrogen-bond donors (Lipinski definition) is 2. The Bertz CT molecular complexity index is 372. The molecule has 0 aliphatic heterocycles. The van der Waals surface area contributed by atoms with Crippen molar-refractivity contribution in [2.75, 3.05) is 17.7 Å². The highest BCUT2D eigenvalue weighted by Gasteiger charge is 2.14. The van der Waals surface area contributed by atoms with Gasteiger partial charge < -0.3 is 10.6 Å². The van der Waals surface area contributed by atoms with Gasteiger partial charge in [0.25, 0.3) is 0 Å². The lowest BCUT2D eigenvalue weighted by Crippen LogP contribution is -2.23. The average molecular weight is 248 g/mol. The van der Waals surface area contributed by atoms with E-state index in [4.69, 9.17) is 0 Å². The van der Waals surface area contributed by atoms with Crippen LogP contribution >= 0.6 is 0 Å². The standard InChI is InChI=1S/C14H24N4/c1-3-7-12-17-13(15-2)10-14(18-12)16-11-8-5-4-6-9-11/h10-11H,3-9H2,1-2H3,(H2,15,16,17,18). The number of nitrogens with zero attached hydrogens (tertiary/aromatic N) is 2. The number of rotatable bonds is 5. The van der Waals surface area contributed by atoms with Crippen molar-refractivity contribution < 1.29 is 0 Å². The summed E-state index contributed by atoms with van der Waals surface area (Å²) in [4.78, 5) is 9.08. The molecule has 0 radical (unpaired) electrons. The summed E-state index contributed by atoms with van der Waals surface area (Å²) in [5.74, 6) is 2.82. The van der Waals surface area contributed by atoms with Crippen molar-refractivity contribution in [2.45, 2.75) is 57.9 Å². The first-order valence-corrected chi connectivity index (χ1v) is 7.14. The van der Waals surface area contributed by atoms with Crippen LogP contribution in [0.25, 0.3) is 0 Å². The van der Waals surface area contributed by atoms with Crippen LogP contribution < -0.4 is 10.6 Å². The van der Waals surface area contributed by atoms with Crippen molar-refractivity contribution in [1.29, 1.82) is 0 Å². The minimum atomic E-state index is 0.591. The van der Waals surface area contributed by atoms with E-state index in [1.807, 2.05) is 13.1 Å². The lowest BCUT2D eigenvalue weighted by atomic mass is 9.95. The van der Waals surface area contributed by atoms with Gasteiger partial charge in [0.2, 0.25) is 0 Å². The highest BCUT2D eigenvalue weighted by Crippen LogP contribution is 2.22. The molecular weight excluding hydrogens is 224 g/mol. The van der Waals surface area contributed by atoms with Gasteiger partial charge in [0.15, 0.2) is 0 Å². The fourth-order valence-electron chi connectivity index (χ4n) is 2.49. The topological polar surface area (TPSA) is 49.8 Å². The molecule has 100 valence electrons. The van der Waals surface area contributed by atoms with Gasteiger partial charge in [0.1, 0.15) is 17.5 Å². The molecule has 18 heavy (non-hydrogen) atoms. The minimum absolute atomic E-state index is 0.591. The first kappa shape index (κ1) is 13.1. The Labute approximate surface area is 110 Å². The zero-order chi connectivity index (χ0) is 12.8. The molecular formula is C14H24N4. The number of aryl methyl sites for hydroxylation is 1. The fourth-order valence-corrected chi connectivity index (χ4v) is 2.49. The van der Waals surface area contributed by atoms with Crippen LogP contribution in [0, 0.1) is 0 Å². The lowest BCUT2D eigenvalue weighted by molar-refractivity contribution is 0.461. The Kier molecular flexibility index (Phi) is 4.79. The van der Waals surface area contributed by atoms with Gasteiger partial charge in [0, 0.05) is 25.6 Å². The van der Waals surface area contributed by atoms with E-state index in [9.17, 15) is 0 Å². The maximum atomic E-state index is 4.60. The van der Waals surface area contributed by atoms with Gasteiger partial charge in [-0.1, -0.05) is 26.2 Å². The van der Waals surface area contributed by atoms with E-state index in [0.717, 1.165) is 30.3 Å². The van der Waals surface area contributed by atoms with Crippen LogP contribution in [0.5, 0.6) is 0 Å². The number of aromatic nitrogens is 2. The summed E-state index contributed by atoms with van der Waals surface area (Å²) in [5, 5.41) is 6.68. The van der Waals surface area contributed by atoms with Crippen LogP contribution in [0.4, 0.5) is 11.6 Å². The fraction of sp³-hybridized carbons (Fsp3) is 0.714. The third kappa shape index (κ3) is 3.59. The van der Waals surface area contributed by atoms with Crippen molar-refractivity contribution in [1.82, 2.24) is 9.97 Å². The Morgan fingerprint density at radius 1 is 1.17 bits per heavy atom. The average Bonchev–Trinajstić information content (AvgIpc) is 2.40. The summed E-state index contributed by atoms with van der Waals surface area (Å²) >= 11 is 0. The van der Waals surface area contributed by atoms with E-state index >= 15 is 0 Å². The third-order valence-electron chi connectivity index (χ3n) is 3.46. The van der Waals surface area contributed by atoms with Gasteiger partial charge in [-0.2, -0.15) is 0 Å². The molecule has 1 aliphatic carbocycles. The Morgan fingerprint density at radius 3 is 2.56 bits per heavy atom. The molecule has 0 spiro atoms. The van der Waals surface area contributed by atoms with Crippen LogP contribution in [0.2, 0.25) is 0 Å². The summed E-state index contributed by atoms with van der Waals surface area (Å²) in [6.07, 6.45) is 8.60. The quantitative estimate of drug-likeness (QED) is 0.840. The van der Waals surface area contributed by atoms with E-state index in [0.29, 0.717) is 6.04 Å². The molecule has 1 fully saturated rings. The van der Waals surface area contributed by atoms with Crippen LogP contribution in [0.1, 0.15) is 51.3 Å². The first-order valence-electron chi connectivity index (χ1n) is 7.14. The summed E-state index contributed by atoms with van der Waals surface area (Å²) < 4.78 is 0. The molecule has 1 heterocycles. The van der Waals surface area contributed by atoms with Crippen molar-refractivity contribution >= 4 is 11.6 Å². The molecule has 0 unspecified atom stereocenters. The maximum Gasteiger partial charge on any atom is 0.133 e. The Hall–Kier alpha value is -1.32.